The van der Waals surface area contributed by atoms with E-state index in [0.717, 1.165) is 31.3 Å². The summed E-state index contributed by atoms with van der Waals surface area (Å²) >= 11 is 0. The molecule has 0 N–H and O–H groups in total. The summed E-state index contributed by atoms with van der Waals surface area (Å²) in [5.74, 6) is 0. The molecule has 0 saturated carbocycles. The number of carbonyl (C=O) groups is 1. The van der Waals surface area contributed by atoms with Crippen LogP contribution >= 0.6 is 0 Å². The molecular formula is C22H36BN3O5. The van der Waals surface area contributed by atoms with Crippen molar-refractivity contribution in [1.82, 2.24) is 14.9 Å². The molecule has 1 aromatic heterocycles. The van der Waals surface area contributed by atoms with Gasteiger partial charge in [0, 0.05) is 36.9 Å². The lowest BCUT2D eigenvalue weighted by Gasteiger charge is -2.36. The van der Waals surface area contributed by atoms with Gasteiger partial charge < -0.3 is 23.7 Å². The number of carbonyl (C=O) groups excluding carboxylic acids is 1. The number of aromatic nitrogens is 2. The lowest BCUT2D eigenvalue weighted by molar-refractivity contribution is 0.00578. The maximum atomic E-state index is 12.5. The summed E-state index contributed by atoms with van der Waals surface area (Å²) in [6, 6.07) is 0.410. The number of amides is 1. The fourth-order valence-corrected chi connectivity index (χ4v) is 3.65. The molecule has 31 heavy (non-hydrogen) atoms. The van der Waals surface area contributed by atoms with E-state index in [-0.39, 0.29) is 12.1 Å². The summed E-state index contributed by atoms with van der Waals surface area (Å²) in [7, 11) is -0.497. The van der Waals surface area contributed by atoms with Gasteiger partial charge in [-0.1, -0.05) is 0 Å². The zero-order chi connectivity index (χ0) is 22.9. The first-order chi connectivity index (χ1) is 14.4. The molecule has 0 bridgehead atoms. The van der Waals surface area contributed by atoms with E-state index in [0.29, 0.717) is 19.0 Å². The van der Waals surface area contributed by atoms with Crippen molar-refractivity contribution < 1.29 is 23.6 Å². The van der Waals surface area contributed by atoms with Crippen LogP contribution in [0.25, 0.3) is 0 Å². The van der Waals surface area contributed by atoms with Gasteiger partial charge in [-0.15, -0.1) is 0 Å². The highest BCUT2D eigenvalue weighted by atomic mass is 16.7. The molecule has 0 spiro atoms. The first-order valence-electron chi connectivity index (χ1n) is 11.2. The summed E-state index contributed by atoms with van der Waals surface area (Å²) in [4.78, 5) is 23.0. The van der Waals surface area contributed by atoms with Gasteiger partial charge in [0.1, 0.15) is 5.60 Å². The maximum Gasteiger partial charge on any atom is 0.498 e. The molecule has 1 amide bonds. The van der Waals surface area contributed by atoms with Crippen molar-refractivity contribution in [3.05, 3.63) is 12.4 Å². The second-order valence-corrected chi connectivity index (χ2v) is 10.3. The highest BCUT2D eigenvalue weighted by Crippen LogP contribution is 2.36. The molecule has 0 aromatic carbocycles. The molecule has 0 unspecified atom stereocenters. The predicted molar refractivity (Wildman–Crippen MR) is 118 cm³/mol. The van der Waals surface area contributed by atoms with Gasteiger partial charge in [-0.3, -0.25) is 0 Å². The van der Waals surface area contributed by atoms with E-state index < -0.39 is 23.9 Å². The SMILES string of the molecule is CC(C)(C)OC(=O)N1CCCC[C@H]1CCOc1ncc(B2OC(C)(C)C(C)(C)O2)cn1. The molecule has 8 nitrogen and oxygen atoms in total. The fourth-order valence-electron chi connectivity index (χ4n) is 3.65. The van der Waals surface area contributed by atoms with Crippen LogP contribution in [0.15, 0.2) is 12.4 Å². The van der Waals surface area contributed by atoms with Crippen molar-refractivity contribution in [2.75, 3.05) is 13.2 Å². The molecule has 3 heterocycles. The van der Waals surface area contributed by atoms with E-state index in [1.54, 1.807) is 12.4 Å². The molecule has 1 aromatic rings. The Morgan fingerprint density at radius 1 is 1.16 bits per heavy atom. The van der Waals surface area contributed by atoms with Gasteiger partial charge in [0.25, 0.3) is 0 Å². The molecule has 1 atom stereocenters. The number of hydrogen-bond acceptors (Lipinski definition) is 7. The molecule has 0 radical (unpaired) electrons. The van der Waals surface area contributed by atoms with E-state index in [4.69, 9.17) is 18.8 Å². The third-order valence-corrected chi connectivity index (χ3v) is 6.11. The van der Waals surface area contributed by atoms with Gasteiger partial charge in [0.05, 0.1) is 17.8 Å². The normalized spacial score (nSPS) is 23.0. The number of rotatable bonds is 5. The third-order valence-electron chi connectivity index (χ3n) is 6.11. The number of piperidine rings is 1. The van der Waals surface area contributed by atoms with Crippen LogP contribution in [0.4, 0.5) is 4.79 Å². The second kappa shape index (κ2) is 8.94. The zero-order valence-electron chi connectivity index (χ0n) is 19.9. The van der Waals surface area contributed by atoms with Crippen molar-refractivity contribution in [3.63, 3.8) is 0 Å². The lowest BCUT2D eigenvalue weighted by atomic mass is 9.81. The van der Waals surface area contributed by atoms with Crippen molar-refractivity contribution in [2.24, 2.45) is 0 Å². The Morgan fingerprint density at radius 2 is 1.77 bits per heavy atom. The van der Waals surface area contributed by atoms with Crippen molar-refractivity contribution >= 4 is 18.7 Å². The number of nitrogens with zero attached hydrogens (tertiary/aromatic N) is 3. The van der Waals surface area contributed by atoms with Crippen LogP contribution in [0.2, 0.25) is 0 Å². The molecule has 172 valence electrons. The van der Waals surface area contributed by atoms with E-state index in [1.165, 1.54) is 0 Å². The van der Waals surface area contributed by atoms with Crippen molar-refractivity contribution in [2.45, 2.75) is 97.0 Å². The third kappa shape index (κ3) is 5.89. The minimum atomic E-state index is -0.498. The Bertz CT molecular complexity index is 747. The average Bonchev–Trinajstić information content (AvgIpc) is 2.88. The average molecular weight is 433 g/mol. The van der Waals surface area contributed by atoms with Gasteiger partial charge in [-0.25, -0.2) is 14.8 Å². The quantitative estimate of drug-likeness (QED) is 0.659. The molecular weight excluding hydrogens is 397 g/mol. The largest absolute Gasteiger partial charge is 0.498 e. The summed E-state index contributed by atoms with van der Waals surface area (Å²) in [6.45, 7) is 14.9. The number of ether oxygens (including phenoxy) is 2. The summed E-state index contributed by atoms with van der Waals surface area (Å²) < 4.78 is 23.4. The highest BCUT2D eigenvalue weighted by Gasteiger charge is 2.52. The molecule has 3 rings (SSSR count). The van der Waals surface area contributed by atoms with Crippen LogP contribution in [0.3, 0.4) is 0 Å². The summed E-state index contributed by atoms with van der Waals surface area (Å²) in [6.07, 6.45) is 6.87. The van der Waals surface area contributed by atoms with Crippen molar-refractivity contribution in [1.29, 1.82) is 0 Å². The van der Waals surface area contributed by atoms with Crippen LogP contribution in [0, 0.1) is 0 Å². The minimum absolute atomic E-state index is 0.104. The van der Waals surface area contributed by atoms with E-state index in [9.17, 15) is 4.79 Å². The minimum Gasteiger partial charge on any atom is -0.463 e. The highest BCUT2D eigenvalue weighted by molar-refractivity contribution is 6.61. The van der Waals surface area contributed by atoms with Crippen LogP contribution in [-0.2, 0) is 14.0 Å². The number of hydrogen-bond donors (Lipinski definition) is 0. The van der Waals surface area contributed by atoms with Crippen LogP contribution in [0.5, 0.6) is 6.01 Å². The van der Waals surface area contributed by atoms with Gasteiger partial charge in [-0.2, -0.15) is 0 Å². The maximum absolute atomic E-state index is 12.5. The van der Waals surface area contributed by atoms with Crippen LogP contribution in [-0.4, -0.2) is 64.1 Å². The summed E-state index contributed by atoms with van der Waals surface area (Å²) in [5, 5.41) is 0. The smallest absolute Gasteiger partial charge is 0.463 e. The number of likely N-dealkylation sites (tertiary alicyclic amines) is 1. The topological polar surface area (TPSA) is 83.0 Å². The zero-order valence-corrected chi connectivity index (χ0v) is 19.9. The predicted octanol–water partition coefficient (Wildman–Crippen LogP) is 3.33. The van der Waals surface area contributed by atoms with E-state index >= 15 is 0 Å². The molecule has 2 aliphatic rings. The van der Waals surface area contributed by atoms with Crippen molar-refractivity contribution in [3.8, 4) is 6.01 Å². The summed E-state index contributed by atoms with van der Waals surface area (Å²) in [5.41, 5.74) is -0.559. The fraction of sp³-hybridized carbons (Fsp3) is 0.773. The Morgan fingerprint density at radius 3 is 2.35 bits per heavy atom. The molecule has 2 saturated heterocycles. The van der Waals surface area contributed by atoms with Gasteiger partial charge in [-0.05, 0) is 67.7 Å². The van der Waals surface area contributed by atoms with Gasteiger partial charge in [0.2, 0.25) is 0 Å². The molecule has 9 heteroatoms. The Balaban J connectivity index is 1.52. The first kappa shape index (κ1) is 23.8. The van der Waals surface area contributed by atoms with Crippen LogP contribution in [0.1, 0.15) is 74.1 Å². The van der Waals surface area contributed by atoms with Gasteiger partial charge in [0.15, 0.2) is 0 Å². The van der Waals surface area contributed by atoms with E-state index in [2.05, 4.69) is 9.97 Å². The Hall–Kier alpha value is -1.87. The Kier molecular flexibility index (Phi) is 6.86. The molecule has 2 fully saturated rings. The lowest BCUT2D eigenvalue weighted by Crippen LogP contribution is -2.46. The molecule has 0 aliphatic carbocycles. The standard InChI is InChI=1S/C22H36BN3O5/c1-20(2,3)29-19(27)26-12-9-8-10-17(26)11-13-28-18-24-14-16(15-25-18)23-30-21(4,5)22(6,7)31-23/h14-15,17H,8-13H2,1-7H3/t17-/m0/s1. The molecule has 2 aliphatic heterocycles. The first-order valence-corrected chi connectivity index (χ1v) is 11.2. The van der Waals surface area contributed by atoms with Crippen LogP contribution < -0.4 is 10.2 Å². The van der Waals surface area contributed by atoms with E-state index in [1.807, 2.05) is 53.4 Å². The second-order valence-electron chi connectivity index (χ2n) is 10.3. The Labute approximate surface area is 186 Å². The monoisotopic (exact) mass is 433 g/mol. The van der Waals surface area contributed by atoms with Gasteiger partial charge >= 0.3 is 19.2 Å².